The molecule has 2 N–H and O–H groups in total. The third-order valence-corrected chi connectivity index (χ3v) is 2.17. The number of rotatable bonds is 10. The summed E-state index contributed by atoms with van der Waals surface area (Å²) in [6.45, 7) is 2.11. The van der Waals surface area contributed by atoms with Crippen molar-refractivity contribution in [2.75, 3.05) is 13.2 Å². The van der Waals surface area contributed by atoms with Gasteiger partial charge in [0.1, 0.15) is 12.6 Å². The van der Waals surface area contributed by atoms with Crippen LogP contribution in [0.2, 0.25) is 0 Å². The third kappa shape index (κ3) is 8.86. The van der Waals surface area contributed by atoms with Crippen LogP contribution in [0.4, 0.5) is 8.78 Å². The number of carbonyl (C=O) groups excluding carboxylic acids is 1. The second kappa shape index (κ2) is 9.76. The van der Waals surface area contributed by atoms with Gasteiger partial charge in [0, 0.05) is 13.0 Å². The Morgan fingerprint density at radius 2 is 2.00 bits per heavy atom. The molecule has 0 heterocycles. The van der Waals surface area contributed by atoms with Crippen LogP contribution in [-0.4, -0.2) is 42.7 Å². The normalized spacial score (nSPS) is 12.4. The molecule has 0 bridgehead atoms. The summed E-state index contributed by atoms with van der Waals surface area (Å²) < 4.78 is 29.1. The highest BCUT2D eigenvalue weighted by atomic mass is 19.3. The van der Waals surface area contributed by atoms with E-state index in [0.29, 0.717) is 6.61 Å². The molecule has 0 aromatic carbocycles. The van der Waals surface area contributed by atoms with Crippen molar-refractivity contribution in [1.29, 1.82) is 0 Å². The van der Waals surface area contributed by atoms with Crippen LogP contribution in [0.25, 0.3) is 0 Å². The molecule has 0 aromatic rings. The number of aliphatic carboxylic acids is 1. The van der Waals surface area contributed by atoms with Crippen LogP contribution in [0.5, 0.6) is 0 Å². The highest BCUT2D eigenvalue weighted by molar-refractivity contribution is 5.84. The topological polar surface area (TPSA) is 75.6 Å². The number of hydrogen-bond donors (Lipinski definition) is 2. The SMILES string of the molecule is CCCCCOCC(=O)NC(CC(F)F)C(=O)O. The Hall–Kier alpha value is -1.24. The number of unbranched alkanes of at least 4 members (excludes halogenated alkanes) is 2. The average molecular weight is 267 g/mol. The average Bonchev–Trinajstić information content (AvgIpc) is 2.27. The molecule has 1 amide bonds. The molecule has 0 aliphatic carbocycles. The number of carboxylic acid groups (broad SMARTS) is 1. The Labute approximate surface area is 105 Å². The number of nitrogens with one attached hydrogen (secondary N) is 1. The van der Waals surface area contributed by atoms with Crippen molar-refractivity contribution >= 4 is 11.9 Å². The van der Waals surface area contributed by atoms with E-state index < -0.39 is 30.8 Å². The zero-order valence-corrected chi connectivity index (χ0v) is 10.3. The Morgan fingerprint density at radius 1 is 1.33 bits per heavy atom. The quantitative estimate of drug-likeness (QED) is 0.587. The molecule has 0 radical (unpaired) electrons. The molecule has 0 fully saturated rings. The molecule has 0 spiro atoms. The van der Waals surface area contributed by atoms with Gasteiger partial charge < -0.3 is 15.2 Å². The number of carbonyl (C=O) groups is 2. The van der Waals surface area contributed by atoms with Crippen LogP contribution in [0.15, 0.2) is 0 Å². The summed E-state index contributed by atoms with van der Waals surface area (Å²) in [6, 6.07) is -1.57. The monoisotopic (exact) mass is 267 g/mol. The van der Waals surface area contributed by atoms with Crippen LogP contribution in [0.1, 0.15) is 32.6 Å². The van der Waals surface area contributed by atoms with Crippen molar-refractivity contribution in [1.82, 2.24) is 5.32 Å². The fourth-order valence-electron chi connectivity index (χ4n) is 1.25. The molecular weight excluding hydrogens is 248 g/mol. The fourth-order valence-corrected chi connectivity index (χ4v) is 1.25. The zero-order valence-electron chi connectivity index (χ0n) is 10.3. The van der Waals surface area contributed by atoms with Gasteiger partial charge in [-0.3, -0.25) is 4.79 Å². The van der Waals surface area contributed by atoms with Gasteiger partial charge in [0.05, 0.1) is 0 Å². The highest BCUT2D eigenvalue weighted by Crippen LogP contribution is 2.04. The van der Waals surface area contributed by atoms with Gasteiger partial charge in [-0.25, -0.2) is 13.6 Å². The molecule has 0 aliphatic heterocycles. The first-order valence-electron chi connectivity index (χ1n) is 5.85. The first kappa shape index (κ1) is 16.8. The molecule has 1 atom stereocenters. The van der Waals surface area contributed by atoms with E-state index in [2.05, 4.69) is 0 Å². The number of hydrogen-bond acceptors (Lipinski definition) is 3. The van der Waals surface area contributed by atoms with Crippen LogP contribution in [-0.2, 0) is 14.3 Å². The summed E-state index contributed by atoms with van der Waals surface area (Å²) in [6.07, 6.45) is -0.882. The van der Waals surface area contributed by atoms with Gasteiger partial charge in [-0.05, 0) is 6.42 Å². The van der Waals surface area contributed by atoms with E-state index in [9.17, 15) is 18.4 Å². The van der Waals surface area contributed by atoms with E-state index >= 15 is 0 Å². The van der Waals surface area contributed by atoms with Gasteiger partial charge in [-0.15, -0.1) is 0 Å². The molecular formula is C11H19F2NO4. The van der Waals surface area contributed by atoms with Gasteiger partial charge in [0.25, 0.3) is 0 Å². The van der Waals surface area contributed by atoms with Gasteiger partial charge in [0.2, 0.25) is 12.3 Å². The molecule has 1 unspecified atom stereocenters. The van der Waals surface area contributed by atoms with E-state index in [1.807, 2.05) is 12.2 Å². The van der Waals surface area contributed by atoms with Gasteiger partial charge >= 0.3 is 5.97 Å². The first-order chi connectivity index (χ1) is 8.47. The Kier molecular flexibility index (Phi) is 9.08. The van der Waals surface area contributed by atoms with E-state index in [4.69, 9.17) is 9.84 Å². The summed E-state index contributed by atoms with van der Waals surface area (Å²) in [5.41, 5.74) is 0. The number of amides is 1. The van der Waals surface area contributed by atoms with Crippen molar-refractivity contribution in [3.63, 3.8) is 0 Å². The van der Waals surface area contributed by atoms with Crippen molar-refractivity contribution in [3.05, 3.63) is 0 Å². The number of halogens is 2. The van der Waals surface area contributed by atoms with Crippen molar-refractivity contribution in [2.24, 2.45) is 0 Å². The van der Waals surface area contributed by atoms with Crippen LogP contribution in [0.3, 0.4) is 0 Å². The molecule has 5 nitrogen and oxygen atoms in total. The Bertz CT molecular complexity index is 261. The number of ether oxygens (including phenoxy) is 1. The highest BCUT2D eigenvalue weighted by Gasteiger charge is 2.23. The lowest BCUT2D eigenvalue weighted by molar-refractivity contribution is -0.143. The molecule has 7 heteroatoms. The molecule has 0 aromatic heterocycles. The lowest BCUT2D eigenvalue weighted by Crippen LogP contribution is -2.43. The summed E-state index contributed by atoms with van der Waals surface area (Å²) in [4.78, 5) is 21.8. The van der Waals surface area contributed by atoms with E-state index in [1.54, 1.807) is 0 Å². The Morgan fingerprint density at radius 3 is 2.50 bits per heavy atom. The van der Waals surface area contributed by atoms with E-state index in [-0.39, 0.29) is 6.61 Å². The third-order valence-electron chi connectivity index (χ3n) is 2.17. The predicted molar refractivity (Wildman–Crippen MR) is 60.5 cm³/mol. The van der Waals surface area contributed by atoms with Crippen molar-refractivity contribution in [2.45, 2.75) is 45.1 Å². The lowest BCUT2D eigenvalue weighted by atomic mass is 10.2. The minimum Gasteiger partial charge on any atom is -0.480 e. The number of carboxylic acids is 1. The Balaban J connectivity index is 3.85. The van der Waals surface area contributed by atoms with Gasteiger partial charge in [-0.2, -0.15) is 0 Å². The van der Waals surface area contributed by atoms with Crippen LogP contribution in [0, 0.1) is 0 Å². The second-order valence-corrected chi connectivity index (χ2v) is 3.84. The maximum absolute atomic E-state index is 12.0. The fraction of sp³-hybridized carbons (Fsp3) is 0.818. The molecule has 18 heavy (non-hydrogen) atoms. The molecule has 0 saturated carbocycles. The van der Waals surface area contributed by atoms with Crippen LogP contribution < -0.4 is 5.32 Å². The number of alkyl halides is 2. The zero-order chi connectivity index (χ0) is 14.0. The standard InChI is InChI=1S/C11H19F2NO4/c1-2-3-4-5-18-7-10(15)14-8(11(16)17)6-9(12)13/h8-9H,2-7H2,1H3,(H,14,15)(H,16,17). The van der Waals surface area contributed by atoms with Crippen molar-refractivity contribution < 1.29 is 28.2 Å². The lowest BCUT2D eigenvalue weighted by Gasteiger charge is -2.13. The molecule has 0 rings (SSSR count). The summed E-state index contributed by atoms with van der Waals surface area (Å²) in [5, 5.41) is 10.6. The summed E-state index contributed by atoms with van der Waals surface area (Å²) >= 11 is 0. The molecule has 0 aliphatic rings. The minimum absolute atomic E-state index is 0.309. The van der Waals surface area contributed by atoms with Crippen molar-refractivity contribution in [3.8, 4) is 0 Å². The van der Waals surface area contributed by atoms with Gasteiger partial charge in [-0.1, -0.05) is 19.8 Å². The molecule has 0 saturated heterocycles. The maximum atomic E-state index is 12.0. The van der Waals surface area contributed by atoms with E-state index in [1.165, 1.54) is 0 Å². The maximum Gasteiger partial charge on any atom is 0.326 e. The van der Waals surface area contributed by atoms with Crippen LogP contribution >= 0.6 is 0 Å². The molecule has 106 valence electrons. The smallest absolute Gasteiger partial charge is 0.326 e. The first-order valence-corrected chi connectivity index (χ1v) is 5.85. The van der Waals surface area contributed by atoms with E-state index in [0.717, 1.165) is 19.3 Å². The predicted octanol–water partition coefficient (Wildman–Crippen LogP) is 1.42. The second-order valence-electron chi connectivity index (χ2n) is 3.84. The largest absolute Gasteiger partial charge is 0.480 e. The summed E-state index contributed by atoms with van der Waals surface area (Å²) in [7, 11) is 0. The summed E-state index contributed by atoms with van der Waals surface area (Å²) in [5.74, 6) is -2.17. The minimum atomic E-state index is -2.78. The van der Waals surface area contributed by atoms with Gasteiger partial charge in [0.15, 0.2) is 0 Å².